The van der Waals surface area contributed by atoms with Crippen molar-refractivity contribution in [1.29, 1.82) is 0 Å². The molecule has 24 heavy (non-hydrogen) atoms. The third kappa shape index (κ3) is 3.47. The van der Waals surface area contributed by atoms with Gasteiger partial charge in [-0.25, -0.2) is 4.98 Å². The maximum Gasteiger partial charge on any atom is 0.156 e. The Hall–Kier alpha value is -1.86. The van der Waals surface area contributed by atoms with E-state index in [0.29, 0.717) is 5.41 Å². The molecular weight excluding hydrogens is 302 g/mol. The van der Waals surface area contributed by atoms with Crippen LogP contribution in [0.2, 0.25) is 0 Å². The summed E-state index contributed by atoms with van der Waals surface area (Å²) in [6.45, 7) is 6.03. The third-order valence-electron chi connectivity index (χ3n) is 5.69. The van der Waals surface area contributed by atoms with Gasteiger partial charge in [-0.3, -0.25) is 0 Å². The Labute approximate surface area is 142 Å². The molecule has 2 aromatic rings. The van der Waals surface area contributed by atoms with E-state index in [-0.39, 0.29) is 0 Å². The molecule has 7 heteroatoms. The van der Waals surface area contributed by atoms with Crippen molar-refractivity contribution in [3.63, 3.8) is 0 Å². The zero-order valence-electron chi connectivity index (χ0n) is 14.1. The van der Waals surface area contributed by atoms with E-state index in [9.17, 15) is 0 Å². The lowest BCUT2D eigenvalue weighted by Gasteiger charge is -2.44. The van der Waals surface area contributed by atoms with Crippen molar-refractivity contribution in [2.45, 2.75) is 32.1 Å². The van der Waals surface area contributed by atoms with Gasteiger partial charge in [0.25, 0.3) is 0 Å². The molecular formula is C17H25N7. The molecule has 0 saturated carbocycles. The first-order valence-corrected chi connectivity index (χ1v) is 8.94. The van der Waals surface area contributed by atoms with Crippen LogP contribution in [0.25, 0.3) is 5.82 Å². The maximum atomic E-state index is 4.45. The molecule has 2 aliphatic heterocycles. The zero-order valence-corrected chi connectivity index (χ0v) is 14.1. The summed E-state index contributed by atoms with van der Waals surface area (Å²) in [5.41, 5.74) is 1.91. The minimum absolute atomic E-state index is 0.636. The van der Waals surface area contributed by atoms with E-state index in [2.05, 4.69) is 36.8 Å². The van der Waals surface area contributed by atoms with Crippen molar-refractivity contribution in [2.24, 2.45) is 5.41 Å². The Bertz CT molecular complexity index is 621. The smallest absolute Gasteiger partial charge is 0.156 e. The van der Waals surface area contributed by atoms with Crippen molar-refractivity contribution < 1.29 is 0 Å². The van der Waals surface area contributed by atoms with Gasteiger partial charge in [0.2, 0.25) is 0 Å². The van der Waals surface area contributed by atoms with Crippen LogP contribution in [-0.4, -0.2) is 62.8 Å². The number of pyridine rings is 1. The van der Waals surface area contributed by atoms with Crippen molar-refractivity contribution >= 4 is 0 Å². The summed E-state index contributed by atoms with van der Waals surface area (Å²) in [5, 5.41) is 14.6. The number of rotatable bonds is 4. The first-order valence-electron chi connectivity index (χ1n) is 8.94. The van der Waals surface area contributed by atoms with Crippen molar-refractivity contribution in [2.75, 3.05) is 32.7 Å². The molecule has 0 aliphatic carbocycles. The highest BCUT2D eigenvalue weighted by Gasteiger charge is 2.35. The van der Waals surface area contributed by atoms with Crippen LogP contribution >= 0.6 is 0 Å². The Morgan fingerprint density at radius 1 is 1.08 bits per heavy atom. The number of tetrazole rings is 1. The Kier molecular flexibility index (Phi) is 4.53. The molecule has 2 saturated heterocycles. The average Bonchev–Trinajstić information content (AvgIpc) is 3.17. The van der Waals surface area contributed by atoms with E-state index >= 15 is 0 Å². The normalized spacial score (nSPS) is 21.2. The van der Waals surface area contributed by atoms with Gasteiger partial charge in [-0.15, -0.1) is 5.10 Å². The number of likely N-dealkylation sites (tertiary alicyclic amines) is 1. The van der Waals surface area contributed by atoms with Crippen LogP contribution in [0.5, 0.6) is 0 Å². The average molecular weight is 327 g/mol. The van der Waals surface area contributed by atoms with E-state index in [0.717, 1.165) is 18.8 Å². The van der Waals surface area contributed by atoms with Gasteiger partial charge in [-0.2, -0.15) is 4.68 Å². The molecule has 0 radical (unpaired) electrons. The highest BCUT2D eigenvalue weighted by atomic mass is 15.5. The fourth-order valence-electron chi connectivity index (χ4n) is 3.96. The molecule has 0 bridgehead atoms. The van der Waals surface area contributed by atoms with Gasteiger partial charge in [0.1, 0.15) is 6.33 Å². The molecule has 2 fully saturated rings. The van der Waals surface area contributed by atoms with E-state index in [1.54, 1.807) is 11.0 Å². The van der Waals surface area contributed by atoms with Crippen LogP contribution in [-0.2, 0) is 6.42 Å². The van der Waals surface area contributed by atoms with Crippen LogP contribution < -0.4 is 5.32 Å². The van der Waals surface area contributed by atoms with Gasteiger partial charge in [0.15, 0.2) is 5.82 Å². The Morgan fingerprint density at radius 3 is 2.58 bits per heavy atom. The second-order valence-electron chi connectivity index (χ2n) is 7.12. The molecule has 0 amide bonds. The standard InChI is InChI=1S/C17H25N7/c1-2-16(24-14-20-21-22-24)19-13-15(1)3-10-23-11-6-17(7-12-23)4-8-18-9-5-17/h1-2,13-14,18H,3-12H2. The van der Waals surface area contributed by atoms with Crippen molar-refractivity contribution in [3.05, 3.63) is 30.2 Å². The van der Waals surface area contributed by atoms with Crippen LogP contribution in [0, 0.1) is 5.41 Å². The summed E-state index contributed by atoms with van der Waals surface area (Å²) in [7, 11) is 0. The lowest BCUT2D eigenvalue weighted by molar-refractivity contribution is 0.0746. The largest absolute Gasteiger partial charge is 0.317 e. The van der Waals surface area contributed by atoms with E-state index in [1.165, 1.54) is 57.4 Å². The fourth-order valence-corrected chi connectivity index (χ4v) is 3.96. The Balaban J connectivity index is 1.27. The monoisotopic (exact) mass is 327 g/mol. The second kappa shape index (κ2) is 6.94. The quantitative estimate of drug-likeness (QED) is 0.905. The molecule has 128 valence electrons. The second-order valence-corrected chi connectivity index (χ2v) is 7.12. The molecule has 7 nitrogen and oxygen atoms in total. The number of hydrogen-bond acceptors (Lipinski definition) is 6. The van der Waals surface area contributed by atoms with E-state index < -0.39 is 0 Å². The topological polar surface area (TPSA) is 71.8 Å². The highest BCUT2D eigenvalue weighted by molar-refractivity contribution is 5.23. The molecule has 0 unspecified atom stereocenters. The van der Waals surface area contributed by atoms with Gasteiger partial charge in [-0.05, 0) is 85.8 Å². The molecule has 1 N–H and O–H groups in total. The Morgan fingerprint density at radius 2 is 1.92 bits per heavy atom. The van der Waals surface area contributed by atoms with Gasteiger partial charge < -0.3 is 10.2 Å². The van der Waals surface area contributed by atoms with Crippen LogP contribution in [0.4, 0.5) is 0 Å². The summed E-state index contributed by atoms with van der Waals surface area (Å²) in [6.07, 6.45) is 10.0. The van der Waals surface area contributed by atoms with Crippen LogP contribution in [0.1, 0.15) is 31.2 Å². The van der Waals surface area contributed by atoms with Gasteiger partial charge >= 0.3 is 0 Å². The van der Waals surface area contributed by atoms with Crippen LogP contribution in [0.15, 0.2) is 24.7 Å². The molecule has 2 aliphatic rings. The minimum atomic E-state index is 0.636. The summed E-state index contributed by atoms with van der Waals surface area (Å²) >= 11 is 0. The molecule has 2 aromatic heterocycles. The van der Waals surface area contributed by atoms with Gasteiger partial charge in [0, 0.05) is 12.7 Å². The van der Waals surface area contributed by atoms with Crippen LogP contribution in [0.3, 0.4) is 0 Å². The maximum absolute atomic E-state index is 4.45. The number of nitrogens with one attached hydrogen (secondary N) is 1. The van der Waals surface area contributed by atoms with E-state index in [1.807, 2.05) is 12.3 Å². The molecule has 0 aromatic carbocycles. The SMILES string of the molecule is c1cc(-n2cnnn2)ncc1CCN1CCC2(CCNCC2)CC1. The molecule has 4 heterocycles. The van der Waals surface area contributed by atoms with Crippen molar-refractivity contribution in [1.82, 2.24) is 35.4 Å². The number of piperidine rings is 2. The summed E-state index contributed by atoms with van der Waals surface area (Å²) in [6, 6.07) is 4.11. The number of hydrogen-bond donors (Lipinski definition) is 1. The molecule has 1 spiro atoms. The fraction of sp³-hybridized carbons (Fsp3) is 0.647. The molecule has 0 atom stereocenters. The lowest BCUT2D eigenvalue weighted by Crippen LogP contribution is -2.45. The predicted octanol–water partition coefficient (Wildman–Crippen LogP) is 1.07. The van der Waals surface area contributed by atoms with E-state index in [4.69, 9.17) is 0 Å². The summed E-state index contributed by atoms with van der Waals surface area (Å²) < 4.78 is 1.58. The lowest BCUT2D eigenvalue weighted by atomic mass is 9.71. The minimum Gasteiger partial charge on any atom is -0.317 e. The summed E-state index contributed by atoms with van der Waals surface area (Å²) in [4.78, 5) is 7.06. The zero-order chi connectivity index (χ0) is 16.2. The molecule has 4 rings (SSSR count). The first kappa shape index (κ1) is 15.7. The van der Waals surface area contributed by atoms with Gasteiger partial charge in [0.05, 0.1) is 0 Å². The number of nitrogens with zero attached hydrogens (tertiary/aromatic N) is 6. The summed E-state index contributed by atoms with van der Waals surface area (Å²) in [5.74, 6) is 0.759. The van der Waals surface area contributed by atoms with Gasteiger partial charge in [-0.1, -0.05) is 6.07 Å². The first-order chi connectivity index (χ1) is 11.8. The third-order valence-corrected chi connectivity index (χ3v) is 5.69. The van der Waals surface area contributed by atoms with Crippen molar-refractivity contribution in [3.8, 4) is 5.82 Å². The highest BCUT2D eigenvalue weighted by Crippen LogP contribution is 2.39. The predicted molar refractivity (Wildman–Crippen MR) is 90.9 cm³/mol. The number of aromatic nitrogens is 5.